The molecule has 0 radical (unpaired) electrons. The summed E-state index contributed by atoms with van der Waals surface area (Å²) < 4.78 is 0. The molecule has 3 atom stereocenters. The molecule has 1 rings (SSSR count). The van der Waals surface area contributed by atoms with Crippen LogP contribution in [0.1, 0.15) is 32.6 Å². The highest BCUT2D eigenvalue weighted by atomic mass is 16.3. The summed E-state index contributed by atoms with van der Waals surface area (Å²) in [6.07, 6.45) is 4.65. The summed E-state index contributed by atoms with van der Waals surface area (Å²) in [5, 5.41) is 12.3. The maximum atomic E-state index is 8.77. The predicted molar refractivity (Wildman–Crippen MR) is 54.5 cm³/mol. The standard InChI is InChI=1S/C10H22N2O/c1-8(5-6-13)12-10-4-2-3-9(10)7-11/h8-10,12-13H,2-7,11H2,1H3. The van der Waals surface area contributed by atoms with Crippen LogP contribution in [0.4, 0.5) is 0 Å². The number of aliphatic hydroxyl groups excluding tert-OH is 1. The van der Waals surface area contributed by atoms with Crippen molar-refractivity contribution in [2.45, 2.75) is 44.7 Å². The molecule has 0 heterocycles. The van der Waals surface area contributed by atoms with E-state index in [1.807, 2.05) is 0 Å². The molecular weight excluding hydrogens is 164 g/mol. The minimum absolute atomic E-state index is 0.272. The molecule has 1 saturated carbocycles. The number of hydrogen-bond acceptors (Lipinski definition) is 3. The van der Waals surface area contributed by atoms with Crippen molar-refractivity contribution >= 4 is 0 Å². The zero-order valence-electron chi connectivity index (χ0n) is 8.50. The molecule has 0 aromatic heterocycles. The summed E-state index contributed by atoms with van der Waals surface area (Å²) in [4.78, 5) is 0. The zero-order chi connectivity index (χ0) is 9.68. The Bertz CT molecular complexity index is 141. The van der Waals surface area contributed by atoms with E-state index in [-0.39, 0.29) is 6.61 Å². The van der Waals surface area contributed by atoms with Gasteiger partial charge in [-0.3, -0.25) is 0 Å². The van der Waals surface area contributed by atoms with Crippen molar-refractivity contribution in [1.82, 2.24) is 5.32 Å². The summed E-state index contributed by atoms with van der Waals surface area (Å²) in [5.74, 6) is 0.654. The molecule has 0 bridgehead atoms. The van der Waals surface area contributed by atoms with Gasteiger partial charge in [0.15, 0.2) is 0 Å². The lowest BCUT2D eigenvalue weighted by Crippen LogP contribution is -2.41. The van der Waals surface area contributed by atoms with Gasteiger partial charge >= 0.3 is 0 Å². The quantitative estimate of drug-likeness (QED) is 0.585. The molecule has 1 aliphatic carbocycles. The van der Waals surface area contributed by atoms with E-state index >= 15 is 0 Å². The first kappa shape index (κ1) is 11.0. The molecule has 13 heavy (non-hydrogen) atoms. The second kappa shape index (κ2) is 5.58. The molecule has 0 aromatic carbocycles. The Labute approximate surface area is 80.7 Å². The Morgan fingerprint density at radius 3 is 2.92 bits per heavy atom. The molecule has 0 amide bonds. The Morgan fingerprint density at radius 1 is 1.54 bits per heavy atom. The van der Waals surface area contributed by atoms with Gasteiger partial charge in [-0.15, -0.1) is 0 Å². The maximum Gasteiger partial charge on any atom is 0.0445 e. The predicted octanol–water partition coefficient (Wildman–Crippen LogP) is 0.474. The zero-order valence-corrected chi connectivity index (χ0v) is 8.50. The number of hydrogen-bond donors (Lipinski definition) is 3. The minimum Gasteiger partial charge on any atom is -0.396 e. The molecular formula is C10H22N2O. The molecule has 0 aliphatic heterocycles. The Hall–Kier alpha value is -0.120. The molecule has 1 aliphatic rings. The monoisotopic (exact) mass is 186 g/mol. The topological polar surface area (TPSA) is 58.3 Å². The largest absolute Gasteiger partial charge is 0.396 e. The molecule has 3 heteroatoms. The third-order valence-corrected chi connectivity index (χ3v) is 3.02. The van der Waals surface area contributed by atoms with Crippen molar-refractivity contribution in [3.63, 3.8) is 0 Å². The van der Waals surface area contributed by atoms with Crippen LogP contribution in [-0.2, 0) is 0 Å². The lowest BCUT2D eigenvalue weighted by molar-refractivity contribution is 0.256. The second-order valence-corrected chi connectivity index (χ2v) is 4.11. The van der Waals surface area contributed by atoms with Crippen molar-refractivity contribution in [2.75, 3.05) is 13.2 Å². The highest BCUT2D eigenvalue weighted by Crippen LogP contribution is 2.24. The average molecular weight is 186 g/mol. The third kappa shape index (κ3) is 3.25. The molecule has 3 unspecified atom stereocenters. The van der Waals surface area contributed by atoms with Gasteiger partial charge in [0.05, 0.1) is 0 Å². The van der Waals surface area contributed by atoms with Crippen LogP contribution >= 0.6 is 0 Å². The molecule has 4 N–H and O–H groups in total. The van der Waals surface area contributed by atoms with E-state index in [4.69, 9.17) is 10.8 Å². The first-order chi connectivity index (χ1) is 6.27. The van der Waals surface area contributed by atoms with Crippen LogP contribution < -0.4 is 11.1 Å². The van der Waals surface area contributed by atoms with Gasteiger partial charge in [-0.05, 0) is 38.6 Å². The van der Waals surface area contributed by atoms with Crippen LogP contribution in [0.25, 0.3) is 0 Å². The molecule has 0 saturated heterocycles. The number of rotatable bonds is 5. The van der Waals surface area contributed by atoms with Crippen molar-refractivity contribution in [3.8, 4) is 0 Å². The van der Waals surface area contributed by atoms with Crippen molar-refractivity contribution in [2.24, 2.45) is 11.7 Å². The van der Waals surface area contributed by atoms with E-state index < -0.39 is 0 Å². The number of aliphatic hydroxyl groups is 1. The van der Waals surface area contributed by atoms with Crippen LogP contribution in [0.15, 0.2) is 0 Å². The van der Waals surface area contributed by atoms with E-state index in [0.29, 0.717) is 18.0 Å². The molecule has 3 nitrogen and oxygen atoms in total. The van der Waals surface area contributed by atoms with Gasteiger partial charge in [0.2, 0.25) is 0 Å². The van der Waals surface area contributed by atoms with Gasteiger partial charge < -0.3 is 16.2 Å². The minimum atomic E-state index is 0.272. The highest BCUT2D eigenvalue weighted by molar-refractivity contribution is 4.85. The average Bonchev–Trinajstić information content (AvgIpc) is 2.52. The lowest BCUT2D eigenvalue weighted by Gasteiger charge is -2.23. The van der Waals surface area contributed by atoms with Crippen LogP contribution in [0.3, 0.4) is 0 Å². The normalized spacial score (nSPS) is 30.7. The number of nitrogens with two attached hydrogens (primary N) is 1. The fraction of sp³-hybridized carbons (Fsp3) is 1.00. The summed E-state index contributed by atoms with van der Waals surface area (Å²) in [5.41, 5.74) is 5.68. The van der Waals surface area contributed by atoms with Crippen LogP contribution in [0, 0.1) is 5.92 Å². The van der Waals surface area contributed by atoms with Crippen LogP contribution in [0.5, 0.6) is 0 Å². The molecule has 78 valence electrons. The SMILES string of the molecule is CC(CCO)NC1CCCC1CN. The van der Waals surface area contributed by atoms with Gasteiger partial charge in [-0.2, -0.15) is 0 Å². The smallest absolute Gasteiger partial charge is 0.0445 e. The van der Waals surface area contributed by atoms with Gasteiger partial charge in [-0.25, -0.2) is 0 Å². The lowest BCUT2D eigenvalue weighted by atomic mass is 10.0. The first-order valence-electron chi connectivity index (χ1n) is 5.35. The van der Waals surface area contributed by atoms with Gasteiger partial charge in [0.25, 0.3) is 0 Å². The maximum absolute atomic E-state index is 8.77. The second-order valence-electron chi connectivity index (χ2n) is 4.11. The van der Waals surface area contributed by atoms with Crippen molar-refractivity contribution < 1.29 is 5.11 Å². The van der Waals surface area contributed by atoms with Crippen LogP contribution in [0.2, 0.25) is 0 Å². The van der Waals surface area contributed by atoms with E-state index in [1.165, 1.54) is 19.3 Å². The highest BCUT2D eigenvalue weighted by Gasteiger charge is 2.26. The summed E-state index contributed by atoms with van der Waals surface area (Å²) >= 11 is 0. The molecule has 0 spiro atoms. The summed E-state index contributed by atoms with van der Waals surface area (Å²) in [6.45, 7) is 3.19. The van der Waals surface area contributed by atoms with Crippen molar-refractivity contribution in [1.29, 1.82) is 0 Å². The number of nitrogens with one attached hydrogen (secondary N) is 1. The Morgan fingerprint density at radius 2 is 2.31 bits per heavy atom. The molecule has 1 fully saturated rings. The molecule has 0 aromatic rings. The van der Waals surface area contributed by atoms with Crippen LogP contribution in [-0.4, -0.2) is 30.3 Å². The first-order valence-corrected chi connectivity index (χ1v) is 5.35. The Kier molecular flexibility index (Phi) is 4.70. The van der Waals surface area contributed by atoms with Gasteiger partial charge in [0.1, 0.15) is 0 Å². The summed E-state index contributed by atoms with van der Waals surface area (Å²) in [7, 11) is 0. The third-order valence-electron chi connectivity index (χ3n) is 3.02. The van der Waals surface area contributed by atoms with E-state index in [9.17, 15) is 0 Å². The fourth-order valence-electron chi connectivity index (χ4n) is 2.18. The van der Waals surface area contributed by atoms with Gasteiger partial charge in [0, 0.05) is 18.7 Å². The Balaban J connectivity index is 2.26. The summed E-state index contributed by atoms with van der Waals surface area (Å²) in [6, 6.07) is 1.01. The van der Waals surface area contributed by atoms with E-state index in [2.05, 4.69) is 12.2 Å². The van der Waals surface area contributed by atoms with E-state index in [0.717, 1.165) is 13.0 Å². The fourth-order valence-corrected chi connectivity index (χ4v) is 2.18. The van der Waals surface area contributed by atoms with Gasteiger partial charge in [-0.1, -0.05) is 6.42 Å². The van der Waals surface area contributed by atoms with E-state index in [1.54, 1.807) is 0 Å². The van der Waals surface area contributed by atoms with Crippen molar-refractivity contribution in [3.05, 3.63) is 0 Å².